The van der Waals surface area contributed by atoms with Gasteiger partial charge in [0.15, 0.2) is 0 Å². The first kappa shape index (κ1) is 4.80. The van der Waals surface area contributed by atoms with E-state index in [9.17, 15) is 0 Å². The predicted octanol–water partition coefficient (Wildman–Crippen LogP) is 1.15. The van der Waals surface area contributed by atoms with E-state index >= 15 is 0 Å². The highest BCUT2D eigenvalue weighted by Crippen LogP contribution is 1.70. The zero-order chi connectivity index (χ0) is 4.12. The van der Waals surface area contributed by atoms with E-state index in [4.69, 9.17) is 7.85 Å². The van der Waals surface area contributed by atoms with Crippen LogP contribution in [0.25, 0.3) is 0 Å². The van der Waals surface area contributed by atoms with E-state index in [-0.39, 0.29) is 0 Å². The van der Waals surface area contributed by atoms with Crippen LogP contribution >= 0.6 is 0 Å². The fraction of sp³-hybridized carbons (Fsp3) is 0.500. The molecule has 0 nitrogen and oxygen atoms in total. The van der Waals surface area contributed by atoms with Crippen LogP contribution in [0.5, 0.6) is 0 Å². The van der Waals surface area contributed by atoms with Gasteiger partial charge in [0.2, 0.25) is 0 Å². The fourth-order valence-corrected chi connectivity index (χ4v) is 0.136. The molecular formula is C4H7B. The summed E-state index contributed by atoms with van der Waals surface area (Å²) >= 11 is 0. The molecule has 0 fully saturated rings. The van der Waals surface area contributed by atoms with E-state index in [1.807, 2.05) is 19.1 Å². The molecule has 0 amide bonds. The number of rotatable bonds is 1. The Bertz CT molecular complexity index is 30.6. The zero-order valence-corrected chi connectivity index (χ0v) is 3.44. The van der Waals surface area contributed by atoms with Crippen LogP contribution in [0.4, 0.5) is 0 Å². The van der Waals surface area contributed by atoms with Crippen LogP contribution in [-0.4, -0.2) is 7.85 Å². The Kier molecular flexibility index (Phi) is 3.66. The minimum absolute atomic E-state index is 0.663. The number of hydrogen-bond acceptors (Lipinski definition) is 0. The van der Waals surface area contributed by atoms with Gasteiger partial charge in [-0.25, -0.2) is 0 Å². The average Bonchev–Trinajstić information content (AvgIpc) is 1.41. The lowest BCUT2D eigenvalue weighted by Gasteiger charge is -1.64. The summed E-state index contributed by atoms with van der Waals surface area (Å²) in [5.41, 5.74) is 0. The van der Waals surface area contributed by atoms with Gasteiger partial charge < -0.3 is 0 Å². The van der Waals surface area contributed by atoms with Gasteiger partial charge in [-0.15, -0.1) is 0 Å². The molecule has 0 aromatic carbocycles. The molecule has 0 N–H and O–H groups in total. The standard InChI is InChI=1S/C4H7B/c1-2-3-4-5/h2-3H,4H2,1H3/b3-2-. The third-order valence-electron chi connectivity index (χ3n) is 0.372. The van der Waals surface area contributed by atoms with Gasteiger partial charge >= 0.3 is 0 Å². The van der Waals surface area contributed by atoms with Gasteiger partial charge in [0.05, 0.1) is 7.85 Å². The van der Waals surface area contributed by atoms with Crippen molar-refractivity contribution in [3.05, 3.63) is 12.2 Å². The van der Waals surface area contributed by atoms with Crippen molar-refractivity contribution in [3.63, 3.8) is 0 Å². The maximum atomic E-state index is 5.05. The van der Waals surface area contributed by atoms with Crippen LogP contribution in [0.1, 0.15) is 6.92 Å². The first-order valence-electron chi connectivity index (χ1n) is 1.73. The molecule has 1 heteroatoms. The van der Waals surface area contributed by atoms with Crippen molar-refractivity contribution >= 4 is 7.85 Å². The quantitative estimate of drug-likeness (QED) is 0.318. The zero-order valence-electron chi connectivity index (χ0n) is 3.44. The molecule has 0 bridgehead atoms. The summed E-state index contributed by atoms with van der Waals surface area (Å²) in [6.45, 7) is 1.95. The Labute approximate surface area is 34.3 Å². The van der Waals surface area contributed by atoms with Gasteiger partial charge in [-0.1, -0.05) is 18.5 Å². The Balaban J connectivity index is 2.62. The minimum atomic E-state index is 0.663. The molecule has 0 aliphatic heterocycles. The molecule has 26 valence electrons. The highest BCUT2D eigenvalue weighted by molar-refractivity contribution is 6.09. The van der Waals surface area contributed by atoms with Crippen LogP contribution in [-0.2, 0) is 0 Å². The molecule has 0 aromatic rings. The molecule has 0 unspecified atom stereocenters. The van der Waals surface area contributed by atoms with Crippen LogP contribution in [0.3, 0.4) is 0 Å². The fourth-order valence-electron chi connectivity index (χ4n) is 0.136. The molecule has 5 heavy (non-hydrogen) atoms. The Morgan fingerprint density at radius 3 is 2.40 bits per heavy atom. The third kappa shape index (κ3) is 3.80. The van der Waals surface area contributed by atoms with Crippen molar-refractivity contribution in [1.29, 1.82) is 0 Å². The minimum Gasteiger partial charge on any atom is -0.0974 e. The second kappa shape index (κ2) is 3.80. The summed E-state index contributed by atoms with van der Waals surface area (Å²) in [6.07, 6.45) is 4.50. The van der Waals surface area contributed by atoms with Crippen molar-refractivity contribution in [3.8, 4) is 0 Å². The maximum absolute atomic E-state index is 5.05. The monoisotopic (exact) mass is 66.1 g/mol. The molecule has 0 saturated heterocycles. The number of hydrogen-bond donors (Lipinski definition) is 0. The predicted molar refractivity (Wildman–Crippen MR) is 25.4 cm³/mol. The Morgan fingerprint density at radius 2 is 2.40 bits per heavy atom. The van der Waals surface area contributed by atoms with E-state index in [0.717, 1.165) is 0 Å². The van der Waals surface area contributed by atoms with Crippen LogP contribution in [0.15, 0.2) is 12.2 Å². The molecule has 0 spiro atoms. The molecule has 0 heterocycles. The van der Waals surface area contributed by atoms with Crippen molar-refractivity contribution < 1.29 is 0 Å². The lowest BCUT2D eigenvalue weighted by molar-refractivity contribution is 1.63. The summed E-state index contributed by atoms with van der Waals surface area (Å²) in [6, 6.07) is 0. The largest absolute Gasteiger partial charge is 0.0974 e. The van der Waals surface area contributed by atoms with Crippen molar-refractivity contribution in [2.45, 2.75) is 13.2 Å². The number of allylic oxidation sites excluding steroid dienone is 2. The van der Waals surface area contributed by atoms with E-state index in [1.165, 1.54) is 0 Å². The van der Waals surface area contributed by atoms with Gasteiger partial charge in [0.25, 0.3) is 0 Å². The SMILES string of the molecule is [B]C/C=C\C. The molecule has 0 rings (SSSR count). The highest BCUT2D eigenvalue weighted by atomic mass is 13.5. The molecule has 0 aliphatic carbocycles. The van der Waals surface area contributed by atoms with E-state index < -0.39 is 0 Å². The average molecular weight is 65.9 g/mol. The van der Waals surface area contributed by atoms with Crippen molar-refractivity contribution in [2.75, 3.05) is 0 Å². The first-order chi connectivity index (χ1) is 2.41. The van der Waals surface area contributed by atoms with Gasteiger partial charge in [0, 0.05) is 0 Å². The molecular weight excluding hydrogens is 58.9 g/mol. The smallest absolute Gasteiger partial charge is 0.0708 e. The van der Waals surface area contributed by atoms with Crippen LogP contribution in [0.2, 0.25) is 6.32 Å². The van der Waals surface area contributed by atoms with E-state index in [1.54, 1.807) is 0 Å². The molecule has 0 atom stereocenters. The van der Waals surface area contributed by atoms with Crippen molar-refractivity contribution in [1.82, 2.24) is 0 Å². The second-order valence-electron chi connectivity index (χ2n) is 0.805. The normalized spacial score (nSPS) is 9.80. The lowest BCUT2D eigenvalue weighted by Crippen LogP contribution is -1.51. The summed E-state index contributed by atoms with van der Waals surface area (Å²) in [5.74, 6) is 0. The molecule has 0 aromatic heterocycles. The Morgan fingerprint density at radius 1 is 1.80 bits per heavy atom. The van der Waals surface area contributed by atoms with Gasteiger partial charge in [0.1, 0.15) is 0 Å². The molecule has 0 aliphatic rings. The first-order valence-corrected chi connectivity index (χ1v) is 1.73. The second-order valence-corrected chi connectivity index (χ2v) is 0.805. The van der Waals surface area contributed by atoms with Gasteiger partial charge in [-0.2, -0.15) is 0 Å². The van der Waals surface area contributed by atoms with Gasteiger partial charge in [-0.05, 0) is 6.92 Å². The molecule has 0 saturated carbocycles. The highest BCUT2D eigenvalue weighted by Gasteiger charge is 1.52. The van der Waals surface area contributed by atoms with Crippen molar-refractivity contribution in [2.24, 2.45) is 0 Å². The summed E-state index contributed by atoms with van der Waals surface area (Å²) in [4.78, 5) is 0. The molecule has 2 radical (unpaired) electrons. The topological polar surface area (TPSA) is 0 Å². The van der Waals surface area contributed by atoms with Crippen LogP contribution in [0, 0.1) is 0 Å². The van der Waals surface area contributed by atoms with E-state index in [2.05, 4.69) is 0 Å². The summed E-state index contributed by atoms with van der Waals surface area (Å²) < 4.78 is 0. The lowest BCUT2D eigenvalue weighted by atomic mass is 10.1. The third-order valence-corrected chi connectivity index (χ3v) is 0.372. The van der Waals surface area contributed by atoms with Crippen LogP contribution < -0.4 is 0 Å². The summed E-state index contributed by atoms with van der Waals surface area (Å²) in [7, 11) is 5.05. The maximum Gasteiger partial charge on any atom is 0.0708 e. The van der Waals surface area contributed by atoms with E-state index in [0.29, 0.717) is 6.32 Å². The summed E-state index contributed by atoms with van der Waals surface area (Å²) in [5, 5.41) is 0. The van der Waals surface area contributed by atoms with Gasteiger partial charge in [-0.3, -0.25) is 0 Å². The Hall–Kier alpha value is -0.195.